The summed E-state index contributed by atoms with van der Waals surface area (Å²) in [5, 5.41) is 9.31. The van der Waals surface area contributed by atoms with Gasteiger partial charge in [-0.3, -0.25) is 9.89 Å². The van der Waals surface area contributed by atoms with Gasteiger partial charge in [-0.15, -0.1) is 0 Å². The summed E-state index contributed by atoms with van der Waals surface area (Å²) >= 11 is 0. The highest BCUT2D eigenvalue weighted by molar-refractivity contribution is 5.79. The smallest absolute Gasteiger partial charge is 0.407 e. The lowest BCUT2D eigenvalue weighted by Crippen LogP contribution is -2.46. The van der Waals surface area contributed by atoms with Crippen molar-refractivity contribution in [3.8, 4) is 0 Å². The Morgan fingerprint density at radius 2 is 1.93 bits per heavy atom. The number of ether oxygens (including phenoxy) is 1. The number of carbonyl (C=O) groups excluding carboxylic acids is 1. The van der Waals surface area contributed by atoms with E-state index in [9.17, 15) is 4.79 Å². The molecule has 0 spiro atoms. The molecule has 158 valence electrons. The number of furan rings is 1. The van der Waals surface area contributed by atoms with Crippen molar-refractivity contribution < 1.29 is 13.9 Å². The first-order valence-electron chi connectivity index (χ1n) is 10.1. The van der Waals surface area contributed by atoms with Crippen LogP contribution in [0.3, 0.4) is 0 Å². The van der Waals surface area contributed by atoms with E-state index in [1.807, 2.05) is 32.9 Å². The minimum absolute atomic E-state index is 0.175. The van der Waals surface area contributed by atoms with Crippen molar-refractivity contribution in [2.45, 2.75) is 51.7 Å². The van der Waals surface area contributed by atoms with Crippen LogP contribution in [0.1, 0.15) is 51.8 Å². The molecule has 1 aliphatic rings. The van der Waals surface area contributed by atoms with E-state index in [1.54, 1.807) is 13.3 Å². The molecule has 1 unspecified atom stereocenters. The molecule has 1 aromatic rings. The van der Waals surface area contributed by atoms with E-state index in [0.717, 1.165) is 18.8 Å². The number of guanidine groups is 1. The van der Waals surface area contributed by atoms with Crippen LogP contribution in [0.15, 0.2) is 27.8 Å². The molecule has 28 heavy (non-hydrogen) atoms. The number of alkyl carbamates (subject to hydrolysis) is 1. The third-order valence-electron chi connectivity index (χ3n) is 4.48. The monoisotopic (exact) mass is 393 g/mol. The SMILES string of the molecule is CN=C(NCCNC(=O)OC(C)(C)C)NCC(c1ccco1)N1CCCCC1. The van der Waals surface area contributed by atoms with Crippen LogP contribution in [0.4, 0.5) is 4.79 Å². The summed E-state index contributed by atoms with van der Waals surface area (Å²) in [7, 11) is 1.74. The summed E-state index contributed by atoms with van der Waals surface area (Å²) in [5.41, 5.74) is -0.496. The zero-order valence-corrected chi connectivity index (χ0v) is 17.6. The zero-order chi connectivity index (χ0) is 20.4. The Balaban J connectivity index is 1.77. The van der Waals surface area contributed by atoms with Crippen LogP contribution >= 0.6 is 0 Å². The quantitative estimate of drug-likeness (QED) is 0.375. The first-order valence-corrected chi connectivity index (χ1v) is 10.1. The van der Waals surface area contributed by atoms with Crippen molar-refractivity contribution in [2.75, 3.05) is 39.8 Å². The Labute approximate surface area is 168 Å². The van der Waals surface area contributed by atoms with Gasteiger partial charge in [0.1, 0.15) is 11.4 Å². The molecule has 1 aromatic heterocycles. The van der Waals surface area contributed by atoms with Gasteiger partial charge in [0.05, 0.1) is 12.3 Å². The summed E-state index contributed by atoms with van der Waals surface area (Å²) in [6.45, 7) is 9.39. The second kappa shape index (κ2) is 10.9. The molecule has 2 heterocycles. The molecule has 1 saturated heterocycles. The minimum Gasteiger partial charge on any atom is -0.468 e. The van der Waals surface area contributed by atoms with Gasteiger partial charge < -0.3 is 25.1 Å². The fraction of sp³-hybridized carbons (Fsp3) is 0.700. The van der Waals surface area contributed by atoms with Crippen LogP contribution in [0.25, 0.3) is 0 Å². The molecule has 0 aromatic carbocycles. The van der Waals surface area contributed by atoms with Gasteiger partial charge in [-0.25, -0.2) is 4.79 Å². The molecule has 1 aliphatic heterocycles. The Kier molecular flexibility index (Phi) is 8.63. The lowest BCUT2D eigenvalue weighted by atomic mass is 10.1. The van der Waals surface area contributed by atoms with Crippen molar-refractivity contribution in [3.63, 3.8) is 0 Å². The van der Waals surface area contributed by atoms with Gasteiger partial charge in [-0.05, 0) is 58.8 Å². The molecule has 8 nitrogen and oxygen atoms in total. The van der Waals surface area contributed by atoms with E-state index in [2.05, 4.69) is 25.8 Å². The van der Waals surface area contributed by atoms with Crippen LogP contribution in [-0.4, -0.2) is 62.3 Å². The predicted molar refractivity (Wildman–Crippen MR) is 110 cm³/mol. The molecule has 1 atom stereocenters. The lowest BCUT2D eigenvalue weighted by Gasteiger charge is -2.33. The topological polar surface area (TPSA) is 91.1 Å². The van der Waals surface area contributed by atoms with Crippen LogP contribution in [0, 0.1) is 0 Å². The molecule has 1 fully saturated rings. The van der Waals surface area contributed by atoms with Gasteiger partial charge >= 0.3 is 6.09 Å². The zero-order valence-electron chi connectivity index (χ0n) is 17.6. The van der Waals surface area contributed by atoms with Gasteiger partial charge in [0, 0.05) is 26.7 Å². The number of hydrogen-bond donors (Lipinski definition) is 3. The molecule has 1 amide bonds. The van der Waals surface area contributed by atoms with Crippen molar-refractivity contribution in [1.82, 2.24) is 20.9 Å². The average Bonchev–Trinajstić information content (AvgIpc) is 3.17. The number of piperidine rings is 1. The van der Waals surface area contributed by atoms with E-state index in [-0.39, 0.29) is 6.04 Å². The Bertz CT molecular complexity index is 604. The summed E-state index contributed by atoms with van der Waals surface area (Å²) in [6, 6.07) is 4.14. The number of carbonyl (C=O) groups is 1. The van der Waals surface area contributed by atoms with Crippen LogP contribution in [-0.2, 0) is 4.74 Å². The second-order valence-corrected chi connectivity index (χ2v) is 7.94. The van der Waals surface area contributed by atoms with Gasteiger partial charge in [0.2, 0.25) is 0 Å². The fourth-order valence-electron chi connectivity index (χ4n) is 3.19. The highest BCUT2D eigenvalue weighted by Crippen LogP contribution is 2.24. The van der Waals surface area contributed by atoms with Gasteiger partial charge in [-0.2, -0.15) is 0 Å². The maximum atomic E-state index is 11.7. The van der Waals surface area contributed by atoms with Gasteiger partial charge in [-0.1, -0.05) is 6.42 Å². The molecular formula is C20H35N5O3. The summed E-state index contributed by atoms with van der Waals surface area (Å²) in [5.74, 6) is 1.66. The Morgan fingerprint density at radius 3 is 2.54 bits per heavy atom. The molecule has 0 bridgehead atoms. The summed E-state index contributed by atoms with van der Waals surface area (Å²) < 4.78 is 10.9. The van der Waals surface area contributed by atoms with Crippen molar-refractivity contribution in [2.24, 2.45) is 4.99 Å². The predicted octanol–water partition coefficient (Wildman–Crippen LogP) is 2.50. The van der Waals surface area contributed by atoms with Crippen molar-refractivity contribution in [3.05, 3.63) is 24.2 Å². The van der Waals surface area contributed by atoms with Gasteiger partial charge in [0.25, 0.3) is 0 Å². The first kappa shape index (κ1) is 22.1. The number of nitrogens with zero attached hydrogens (tertiary/aromatic N) is 2. The number of amides is 1. The largest absolute Gasteiger partial charge is 0.468 e. The maximum Gasteiger partial charge on any atom is 0.407 e. The second-order valence-electron chi connectivity index (χ2n) is 7.94. The number of nitrogens with one attached hydrogen (secondary N) is 3. The molecular weight excluding hydrogens is 358 g/mol. The number of likely N-dealkylation sites (tertiary alicyclic amines) is 1. The molecule has 2 rings (SSSR count). The van der Waals surface area contributed by atoms with Gasteiger partial charge in [0.15, 0.2) is 5.96 Å². The highest BCUT2D eigenvalue weighted by Gasteiger charge is 2.24. The Hall–Kier alpha value is -2.22. The summed E-state index contributed by atoms with van der Waals surface area (Å²) in [6.07, 6.45) is 5.05. The normalized spacial score (nSPS) is 17.1. The number of aliphatic imine (C=N–C) groups is 1. The molecule has 3 N–H and O–H groups in total. The highest BCUT2D eigenvalue weighted by atomic mass is 16.6. The van der Waals surface area contributed by atoms with E-state index >= 15 is 0 Å². The third-order valence-corrected chi connectivity index (χ3v) is 4.48. The molecule has 8 heteroatoms. The van der Waals surface area contributed by atoms with E-state index < -0.39 is 11.7 Å². The van der Waals surface area contributed by atoms with E-state index in [0.29, 0.717) is 25.6 Å². The van der Waals surface area contributed by atoms with Crippen molar-refractivity contribution >= 4 is 12.1 Å². The fourth-order valence-corrected chi connectivity index (χ4v) is 3.19. The van der Waals surface area contributed by atoms with E-state index in [1.165, 1.54) is 19.3 Å². The van der Waals surface area contributed by atoms with Crippen LogP contribution in [0.2, 0.25) is 0 Å². The minimum atomic E-state index is -0.496. The maximum absolute atomic E-state index is 11.7. The molecule has 0 aliphatic carbocycles. The summed E-state index contributed by atoms with van der Waals surface area (Å²) in [4.78, 5) is 18.4. The third kappa shape index (κ3) is 7.80. The van der Waals surface area contributed by atoms with E-state index in [4.69, 9.17) is 9.15 Å². The standard InChI is InChI=1S/C20H35N5O3/c1-20(2,3)28-19(26)23-11-10-22-18(21-4)24-15-16(17-9-8-14-27-17)25-12-6-5-7-13-25/h8-9,14,16H,5-7,10-13,15H2,1-4H3,(H,23,26)(H2,21,22,24). The number of rotatable bonds is 7. The Morgan fingerprint density at radius 1 is 1.21 bits per heavy atom. The average molecular weight is 394 g/mol. The molecule has 0 saturated carbocycles. The number of hydrogen-bond acceptors (Lipinski definition) is 5. The van der Waals surface area contributed by atoms with Crippen LogP contribution < -0.4 is 16.0 Å². The molecule has 0 radical (unpaired) electrons. The van der Waals surface area contributed by atoms with Crippen LogP contribution in [0.5, 0.6) is 0 Å². The lowest BCUT2D eigenvalue weighted by molar-refractivity contribution is 0.0529. The van der Waals surface area contributed by atoms with Crippen molar-refractivity contribution in [1.29, 1.82) is 0 Å². The first-order chi connectivity index (χ1) is 13.4.